The van der Waals surface area contributed by atoms with E-state index in [-0.39, 0.29) is 12.5 Å². The average Bonchev–Trinajstić information content (AvgIpc) is 2.73. The van der Waals surface area contributed by atoms with E-state index in [9.17, 15) is 10.1 Å². The highest BCUT2D eigenvalue weighted by Gasteiger charge is 2.08. The number of hydrogen-bond donors (Lipinski definition) is 1. The number of nitrogens with zero attached hydrogens (tertiary/aromatic N) is 1. The predicted octanol–water partition coefficient (Wildman–Crippen LogP) is 6.08. The Labute approximate surface area is 179 Å². The van der Waals surface area contributed by atoms with Gasteiger partial charge in [-0.15, -0.1) is 0 Å². The Hall–Kier alpha value is -3.26. The SMILES string of the molecule is N#C/C(=C\c1ccc(OCC(=O)Nc2ccccc2)c(Cl)c1)c1ccc(Cl)cc1. The molecule has 6 heteroatoms. The van der Waals surface area contributed by atoms with Crippen molar-refractivity contribution < 1.29 is 9.53 Å². The second-order valence-corrected chi connectivity index (χ2v) is 6.91. The van der Waals surface area contributed by atoms with Gasteiger partial charge in [0, 0.05) is 10.7 Å². The molecule has 0 bridgehead atoms. The molecule has 0 spiro atoms. The lowest BCUT2D eigenvalue weighted by atomic mass is 10.0. The maximum absolute atomic E-state index is 12.0. The molecule has 0 saturated heterocycles. The second kappa shape index (κ2) is 9.79. The van der Waals surface area contributed by atoms with Crippen LogP contribution in [0.15, 0.2) is 72.8 Å². The summed E-state index contributed by atoms with van der Waals surface area (Å²) in [5.41, 5.74) is 2.67. The summed E-state index contributed by atoms with van der Waals surface area (Å²) < 4.78 is 5.51. The monoisotopic (exact) mass is 422 g/mol. The van der Waals surface area contributed by atoms with Crippen LogP contribution in [-0.4, -0.2) is 12.5 Å². The molecule has 1 amide bonds. The Morgan fingerprint density at radius 3 is 2.41 bits per heavy atom. The number of allylic oxidation sites excluding steroid dienone is 1. The summed E-state index contributed by atoms with van der Waals surface area (Å²) >= 11 is 12.2. The average molecular weight is 423 g/mol. The zero-order chi connectivity index (χ0) is 20.6. The van der Waals surface area contributed by atoms with Crippen LogP contribution in [0.1, 0.15) is 11.1 Å². The van der Waals surface area contributed by atoms with E-state index in [1.807, 2.05) is 18.2 Å². The fourth-order valence-electron chi connectivity index (χ4n) is 2.56. The van der Waals surface area contributed by atoms with E-state index >= 15 is 0 Å². The Morgan fingerprint density at radius 2 is 1.76 bits per heavy atom. The van der Waals surface area contributed by atoms with Gasteiger partial charge in [-0.25, -0.2) is 0 Å². The van der Waals surface area contributed by atoms with Crippen molar-refractivity contribution in [1.29, 1.82) is 5.26 Å². The van der Waals surface area contributed by atoms with Crippen LogP contribution in [0.2, 0.25) is 10.0 Å². The van der Waals surface area contributed by atoms with Gasteiger partial charge < -0.3 is 10.1 Å². The van der Waals surface area contributed by atoms with Crippen LogP contribution in [0.4, 0.5) is 5.69 Å². The molecule has 0 atom stereocenters. The lowest BCUT2D eigenvalue weighted by Gasteiger charge is -2.09. The largest absolute Gasteiger partial charge is 0.482 e. The summed E-state index contributed by atoms with van der Waals surface area (Å²) in [6.07, 6.45) is 1.72. The normalized spacial score (nSPS) is 10.9. The summed E-state index contributed by atoms with van der Waals surface area (Å²) in [6.45, 7) is -0.169. The number of nitrogens with one attached hydrogen (secondary N) is 1. The minimum Gasteiger partial charge on any atom is -0.482 e. The fourth-order valence-corrected chi connectivity index (χ4v) is 2.93. The molecule has 0 radical (unpaired) electrons. The number of para-hydroxylation sites is 1. The van der Waals surface area contributed by atoms with Crippen LogP contribution in [0.3, 0.4) is 0 Å². The Morgan fingerprint density at radius 1 is 1.03 bits per heavy atom. The van der Waals surface area contributed by atoms with Crippen molar-refractivity contribution in [2.24, 2.45) is 0 Å². The van der Waals surface area contributed by atoms with Gasteiger partial charge in [-0.2, -0.15) is 5.26 Å². The molecule has 3 aromatic carbocycles. The fraction of sp³-hybridized carbons (Fsp3) is 0.0435. The van der Waals surface area contributed by atoms with Gasteiger partial charge in [0.25, 0.3) is 5.91 Å². The highest BCUT2D eigenvalue weighted by molar-refractivity contribution is 6.32. The Kier molecular flexibility index (Phi) is 6.91. The first-order valence-electron chi connectivity index (χ1n) is 8.70. The van der Waals surface area contributed by atoms with Gasteiger partial charge in [0.1, 0.15) is 5.75 Å². The molecule has 144 valence electrons. The van der Waals surface area contributed by atoms with Gasteiger partial charge in [0.05, 0.1) is 16.7 Å². The molecule has 0 aliphatic carbocycles. The molecule has 3 aromatic rings. The van der Waals surface area contributed by atoms with Gasteiger partial charge in [-0.1, -0.05) is 59.6 Å². The van der Waals surface area contributed by atoms with Crippen LogP contribution in [0, 0.1) is 11.3 Å². The van der Waals surface area contributed by atoms with Crippen molar-refractivity contribution in [1.82, 2.24) is 0 Å². The van der Waals surface area contributed by atoms with Crippen molar-refractivity contribution in [2.75, 3.05) is 11.9 Å². The van der Waals surface area contributed by atoms with Gasteiger partial charge in [-0.05, 0) is 53.6 Å². The smallest absolute Gasteiger partial charge is 0.262 e. The molecule has 3 rings (SSSR count). The first kappa shape index (κ1) is 20.5. The topological polar surface area (TPSA) is 62.1 Å². The number of halogens is 2. The van der Waals surface area contributed by atoms with Gasteiger partial charge in [-0.3, -0.25) is 4.79 Å². The molecule has 1 N–H and O–H groups in total. The number of benzene rings is 3. The minimum absolute atomic E-state index is 0.169. The number of carbonyl (C=O) groups is 1. The van der Waals surface area contributed by atoms with E-state index in [2.05, 4.69) is 11.4 Å². The van der Waals surface area contributed by atoms with Crippen LogP contribution >= 0.6 is 23.2 Å². The summed E-state index contributed by atoms with van der Waals surface area (Å²) in [7, 11) is 0. The molecule has 29 heavy (non-hydrogen) atoms. The molecule has 0 unspecified atom stereocenters. The minimum atomic E-state index is -0.286. The zero-order valence-electron chi connectivity index (χ0n) is 15.2. The second-order valence-electron chi connectivity index (χ2n) is 6.07. The molecular formula is C23H16Cl2N2O2. The van der Waals surface area contributed by atoms with E-state index in [0.717, 1.165) is 11.1 Å². The Bertz CT molecular complexity index is 1070. The number of ether oxygens (including phenoxy) is 1. The molecular weight excluding hydrogens is 407 g/mol. The molecule has 0 aliphatic heterocycles. The van der Waals surface area contributed by atoms with Crippen molar-refractivity contribution >= 4 is 46.4 Å². The van der Waals surface area contributed by atoms with Crippen LogP contribution < -0.4 is 10.1 Å². The highest BCUT2D eigenvalue weighted by atomic mass is 35.5. The van der Waals surface area contributed by atoms with Crippen molar-refractivity contribution in [3.8, 4) is 11.8 Å². The van der Waals surface area contributed by atoms with E-state index in [1.54, 1.807) is 60.7 Å². The van der Waals surface area contributed by atoms with E-state index in [1.165, 1.54) is 0 Å². The number of amides is 1. The lowest BCUT2D eigenvalue weighted by molar-refractivity contribution is -0.118. The van der Waals surface area contributed by atoms with E-state index < -0.39 is 0 Å². The number of nitriles is 1. The number of anilines is 1. The molecule has 4 nitrogen and oxygen atoms in total. The number of rotatable bonds is 6. The molecule has 0 fully saturated rings. The maximum atomic E-state index is 12.0. The standard InChI is InChI=1S/C23H16Cl2N2O2/c24-19-9-7-17(8-10-19)18(14-26)12-16-6-11-22(21(25)13-16)29-15-23(28)27-20-4-2-1-3-5-20/h1-13H,15H2,(H,27,28)/b18-12+. The molecule has 0 heterocycles. The third-order valence-electron chi connectivity index (χ3n) is 3.96. The summed E-state index contributed by atoms with van der Waals surface area (Å²) in [6, 6.07) is 23.4. The van der Waals surface area contributed by atoms with E-state index in [4.69, 9.17) is 27.9 Å². The van der Waals surface area contributed by atoms with Crippen molar-refractivity contribution in [2.45, 2.75) is 0 Å². The summed E-state index contributed by atoms with van der Waals surface area (Å²) in [4.78, 5) is 12.0. The molecule has 0 aliphatic rings. The third-order valence-corrected chi connectivity index (χ3v) is 4.51. The predicted molar refractivity (Wildman–Crippen MR) is 117 cm³/mol. The first-order chi connectivity index (χ1) is 14.0. The van der Waals surface area contributed by atoms with Crippen LogP contribution in [0.5, 0.6) is 5.75 Å². The van der Waals surface area contributed by atoms with Gasteiger partial charge in [0.15, 0.2) is 6.61 Å². The Balaban J connectivity index is 1.67. The van der Waals surface area contributed by atoms with Crippen molar-refractivity contribution in [3.63, 3.8) is 0 Å². The summed E-state index contributed by atoms with van der Waals surface area (Å²) in [5.74, 6) is 0.0998. The zero-order valence-corrected chi connectivity index (χ0v) is 16.7. The van der Waals surface area contributed by atoms with Gasteiger partial charge >= 0.3 is 0 Å². The lowest BCUT2D eigenvalue weighted by Crippen LogP contribution is -2.20. The van der Waals surface area contributed by atoms with E-state index in [0.29, 0.717) is 27.1 Å². The molecule has 0 saturated carbocycles. The third kappa shape index (κ3) is 5.86. The van der Waals surface area contributed by atoms with Crippen LogP contribution in [0.25, 0.3) is 11.6 Å². The summed E-state index contributed by atoms with van der Waals surface area (Å²) in [5, 5.41) is 13.1. The first-order valence-corrected chi connectivity index (χ1v) is 9.46. The van der Waals surface area contributed by atoms with Crippen molar-refractivity contribution in [3.05, 3.63) is 94.0 Å². The van der Waals surface area contributed by atoms with Crippen LogP contribution in [-0.2, 0) is 4.79 Å². The highest BCUT2D eigenvalue weighted by Crippen LogP contribution is 2.28. The maximum Gasteiger partial charge on any atom is 0.262 e. The number of carbonyl (C=O) groups excluding carboxylic acids is 1. The molecule has 0 aromatic heterocycles. The number of hydrogen-bond acceptors (Lipinski definition) is 3. The van der Waals surface area contributed by atoms with Gasteiger partial charge in [0.2, 0.25) is 0 Å². The quantitative estimate of drug-likeness (QED) is 0.386.